The number of amides is 2. The molecule has 2 atom stereocenters. The number of aromatic nitrogens is 2. The normalized spacial score (nSPS) is 19.1. The van der Waals surface area contributed by atoms with E-state index in [2.05, 4.69) is 4.98 Å². The predicted molar refractivity (Wildman–Crippen MR) is 142 cm³/mol. The van der Waals surface area contributed by atoms with Crippen LogP contribution in [0.3, 0.4) is 0 Å². The van der Waals surface area contributed by atoms with E-state index in [-0.39, 0.29) is 0 Å². The summed E-state index contributed by atoms with van der Waals surface area (Å²) in [5, 5.41) is 0. The van der Waals surface area contributed by atoms with E-state index in [1.165, 1.54) is 9.80 Å². The molecule has 188 valence electrons. The second kappa shape index (κ2) is 8.92. The van der Waals surface area contributed by atoms with Crippen molar-refractivity contribution < 1.29 is 19.2 Å². The minimum absolute atomic E-state index is 0.393. The van der Waals surface area contributed by atoms with Gasteiger partial charge >= 0.3 is 0 Å². The SMILES string of the molecule is CN1C(=O)[C@@H](C(c2ccc(-n3ccnc3)cc2)[C@H]2C(=O)c3ccccc3N(C)C2=O)C(=O)c2ccccc21. The Morgan fingerprint density at radius 3 is 1.66 bits per heavy atom. The molecule has 0 spiro atoms. The molecule has 0 saturated carbocycles. The number of hydrogen-bond acceptors (Lipinski definition) is 5. The Hall–Kier alpha value is -4.85. The number of para-hydroxylation sites is 2. The van der Waals surface area contributed by atoms with Crippen molar-refractivity contribution in [1.29, 1.82) is 0 Å². The zero-order chi connectivity index (χ0) is 26.6. The quantitative estimate of drug-likeness (QED) is 0.393. The minimum atomic E-state index is -1.24. The summed E-state index contributed by atoms with van der Waals surface area (Å²) in [6.45, 7) is 0. The molecule has 0 fully saturated rings. The molecular weight excluding hydrogens is 480 g/mol. The van der Waals surface area contributed by atoms with Crippen LogP contribution in [0.1, 0.15) is 32.2 Å². The lowest BCUT2D eigenvalue weighted by molar-refractivity contribution is -0.124. The predicted octanol–water partition coefficient (Wildman–Crippen LogP) is 3.91. The number of imidazole rings is 1. The molecule has 2 aliphatic rings. The van der Waals surface area contributed by atoms with Gasteiger partial charge in [0.05, 0.1) is 17.7 Å². The van der Waals surface area contributed by atoms with Crippen LogP contribution in [-0.4, -0.2) is 47.0 Å². The Labute approximate surface area is 219 Å². The van der Waals surface area contributed by atoms with Crippen LogP contribution in [0.25, 0.3) is 5.69 Å². The second-order valence-electron chi connectivity index (χ2n) is 9.60. The maximum atomic E-state index is 13.9. The van der Waals surface area contributed by atoms with Crippen molar-refractivity contribution in [3.05, 3.63) is 108 Å². The monoisotopic (exact) mass is 504 g/mol. The van der Waals surface area contributed by atoms with E-state index in [9.17, 15) is 19.2 Å². The maximum Gasteiger partial charge on any atom is 0.238 e. The van der Waals surface area contributed by atoms with Gasteiger partial charge in [-0.2, -0.15) is 0 Å². The van der Waals surface area contributed by atoms with Gasteiger partial charge < -0.3 is 14.4 Å². The van der Waals surface area contributed by atoms with Gasteiger partial charge in [0.2, 0.25) is 11.8 Å². The smallest absolute Gasteiger partial charge is 0.238 e. The fourth-order valence-corrected chi connectivity index (χ4v) is 5.65. The van der Waals surface area contributed by atoms with E-state index in [4.69, 9.17) is 0 Å². The van der Waals surface area contributed by atoms with Crippen molar-refractivity contribution in [2.45, 2.75) is 5.92 Å². The highest BCUT2D eigenvalue weighted by atomic mass is 16.2. The number of anilines is 2. The number of carbonyl (C=O) groups excluding carboxylic acids is 4. The third-order valence-electron chi connectivity index (χ3n) is 7.62. The van der Waals surface area contributed by atoms with Gasteiger partial charge in [-0.15, -0.1) is 0 Å². The van der Waals surface area contributed by atoms with Gasteiger partial charge in [-0.1, -0.05) is 36.4 Å². The summed E-state index contributed by atoms with van der Waals surface area (Å²) >= 11 is 0. The summed E-state index contributed by atoms with van der Waals surface area (Å²) in [4.78, 5) is 62.4. The molecule has 8 nitrogen and oxygen atoms in total. The van der Waals surface area contributed by atoms with Crippen LogP contribution in [0.5, 0.6) is 0 Å². The van der Waals surface area contributed by atoms with Gasteiger partial charge in [-0.25, -0.2) is 4.98 Å². The minimum Gasteiger partial charge on any atom is -0.314 e. The molecule has 0 bridgehead atoms. The van der Waals surface area contributed by atoms with Crippen LogP contribution in [0.2, 0.25) is 0 Å². The molecule has 2 aliphatic heterocycles. The number of Topliss-reactive ketones (excluding diaryl/α,β-unsaturated/α-hetero) is 2. The molecular formula is C30H24N4O4. The summed E-state index contributed by atoms with van der Waals surface area (Å²) in [6.07, 6.45) is 5.12. The molecule has 1 aromatic heterocycles. The Morgan fingerprint density at radius 2 is 1.18 bits per heavy atom. The molecule has 6 rings (SSSR count). The number of carbonyl (C=O) groups is 4. The molecule has 0 aliphatic carbocycles. The molecule has 0 radical (unpaired) electrons. The molecule has 0 saturated heterocycles. The van der Waals surface area contributed by atoms with Crippen LogP contribution in [0.4, 0.5) is 11.4 Å². The fraction of sp³-hybridized carbons (Fsp3) is 0.167. The van der Waals surface area contributed by atoms with Crippen LogP contribution in [-0.2, 0) is 9.59 Å². The van der Waals surface area contributed by atoms with Crippen molar-refractivity contribution in [2.24, 2.45) is 11.8 Å². The number of nitrogens with zero attached hydrogens (tertiary/aromatic N) is 4. The summed E-state index contributed by atoms with van der Waals surface area (Å²) in [7, 11) is 3.23. The molecule has 0 N–H and O–H groups in total. The highest BCUT2D eigenvalue weighted by Crippen LogP contribution is 2.45. The molecule has 3 aromatic carbocycles. The number of benzene rings is 3. The van der Waals surface area contributed by atoms with Crippen molar-refractivity contribution in [3.63, 3.8) is 0 Å². The molecule has 3 heterocycles. The van der Waals surface area contributed by atoms with Crippen LogP contribution < -0.4 is 9.80 Å². The molecule has 2 amide bonds. The molecule has 38 heavy (non-hydrogen) atoms. The van der Waals surface area contributed by atoms with E-state index < -0.39 is 41.1 Å². The van der Waals surface area contributed by atoms with E-state index in [1.807, 2.05) is 16.7 Å². The van der Waals surface area contributed by atoms with Crippen molar-refractivity contribution in [3.8, 4) is 5.69 Å². The molecule has 4 aromatic rings. The number of fused-ring (bicyclic) bond motifs is 2. The van der Waals surface area contributed by atoms with Crippen molar-refractivity contribution in [2.75, 3.05) is 23.9 Å². The van der Waals surface area contributed by atoms with E-state index in [0.717, 1.165) is 5.69 Å². The van der Waals surface area contributed by atoms with Gasteiger partial charge in [-0.3, -0.25) is 19.2 Å². The average Bonchev–Trinajstić information content (AvgIpc) is 3.49. The second-order valence-corrected chi connectivity index (χ2v) is 9.60. The standard InChI is InChI=1S/C30H24N4O4/c1-32-22-9-5-3-7-20(22)27(35)25(29(32)37)24(18-11-13-19(14-12-18)34-16-15-31-17-34)26-28(36)21-8-4-6-10-23(21)33(2)30(26)38/h3-17,24-26H,1-2H3/t25-,26-/m0/s1. The lowest BCUT2D eigenvalue weighted by atomic mass is 9.68. The van der Waals surface area contributed by atoms with Gasteiger partial charge in [0.1, 0.15) is 11.8 Å². The molecule has 8 heteroatoms. The summed E-state index contributed by atoms with van der Waals surface area (Å²) in [5.41, 5.74) is 3.19. The zero-order valence-electron chi connectivity index (χ0n) is 20.8. The molecule has 0 unspecified atom stereocenters. The topological polar surface area (TPSA) is 92.6 Å². The zero-order valence-corrected chi connectivity index (χ0v) is 20.8. The summed E-state index contributed by atoms with van der Waals surface area (Å²) in [6, 6.07) is 21.0. The third-order valence-corrected chi connectivity index (χ3v) is 7.62. The fourth-order valence-electron chi connectivity index (χ4n) is 5.65. The number of hydrogen-bond donors (Lipinski definition) is 0. The third kappa shape index (κ3) is 3.48. The lowest BCUT2D eigenvalue weighted by Crippen LogP contribution is -2.52. The van der Waals surface area contributed by atoms with Gasteiger partial charge in [-0.05, 0) is 42.0 Å². The highest BCUT2D eigenvalue weighted by Gasteiger charge is 2.52. The van der Waals surface area contributed by atoms with Crippen molar-refractivity contribution in [1.82, 2.24) is 9.55 Å². The first-order chi connectivity index (χ1) is 18.4. The van der Waals surface area contributed by atoms with E-state index in [0.29, 0.717) is 28.1 Å². The van der Waals surface area contributed by atoms with Crippen LogP contribution >= 0.6 is 0 Å². The summed E-state index contributed by atoms with van der Waals surface area (Å²) < 4.78 is 1.82. The Bertz CT molecular complexity index is 1510. The maximum absolute atomic E-state index is 13.9. The Morgan fingerprint density at radius 1 is 0.684 bits per heavy atom. The van der Waals surface area contributed by atoms with Gasteiger partial charge in [0.25, 0.3) is 0 Å². The van der Waals surface area contributed by atoms with E-state index in [1.54, 1.807) is 93.5 Å². The summed E-state index contributed by atoms with van der Waals surface area (Å²) in [5.74, 6) is -5.17. The van der Waals surface area contributed by atoms with Gasteiger partial charge in [0.15, 0.2) is 11.6 Å². The number of rotatable bonds is 4. The van der Waals surface area contributed by atoms with Crippen LogP contribution in [0, 0.1) is 11.8 Å². The van der Waals surface area contributed by atoms with Crippen LogP contribution in [0.15, 0.2) is 91.5 Å². The first kappa shape index (κ1) is 23.5. The largest absolute Gasteiger partial charge is 0.314 e. The Kier molecular flexibility index (Phi) is 5.52. The van der Waals surface area contributed by atoms with Crippen molar-refractivity contribution >= 4 is 34.8 Å². The number of ketones is 2. The first-order valence-electron chi connectivity index (χ1n) is 12.3. The average molecular weight is 505 g/mol. The highest BCUT2D eigenvalue weighted by molar-refractivity contribution is 6.25. The first-order valence-corrected chi connectivity index (χ1v) is 12.3. The van der Waals surface area contributed by atoms with Gasteiger partial charge in [0, 0.05) is 49.2 Å². The van der Waals surface area contributed by atoms with E-state index >= 15 is 0 Å². The Balaban J connectivity index is 1.53. The lowest BCUT2D eigenvalue weighted by Gasteiger charge is -2.40.